The van der Waals surface area contributed by atoms with Crippen LogP contribution in [0.2, 0.25) is 0 Å². The number of aromatic carboxylic acids is 1. The summed E-state index contributed by atoms with van der Waals surface area (Å²) in [6.07, 6.45) is 0. The first-order chi connectivity index (χ1) is 8.99. The second-order valence-corrected chi connectivity index (χ2v) is 6.80. The van der Waals surface area contributed by atoms with Crippen LogP contribution < -0.4 is 4.74 Å². The average molecular weight is 406 g/mol. The molecule has 6 heteroatoms. The fourth-order valence-electron chi connectivity index (χ4n) is 1.54. The summed E-state index contributed by atoms with van der Waals surface area (Å²) in [6, 6.07) is 7.35. The zero-order valence-corrected chi connectivity index (χ0v) is 13.9. The number of carboxylic acids is 1. The van der Waals surface area contributed by atoms with Crippen molar-refractivity contribution in [3.63, 3.8) is 0 Å². The van der Waals surface area contributed by atoms with Gasteiger partial charge in [0.2, 0.25) is 0 Å². The van der Waals surface area contributed by atoms with Crippen molar-refractivity contribution in [3.8, 4) is 5.75 Å². The molecule has 0 saturated heterocycles. The van der Waals surface area contributed by atoms with Crippen LogP contribution in [-0.2, 0) is 6.61 Å². The maximum Gasteiger partial charge on any atom is 0.345 e. The number of carboxylic acid groups (broad SMARTS) is 1. The van der Waals surface area contributed by atoms with Crippen molar-refractivity contribution >= 4 is 49.2 Å². The van der Waals surface area contributed by atoms with E-state index < -0.39 is 5.97 Å². The van der Waals surface area contributed by atoms with E-state index in [0.29, 0.717) is 17.2 Å². The van der Waals surface area contributed by atoms with E-state index in [2.05, 4.69) is 31.9 Å². The summed E-state index contributed by atoms with van der Waals surface area (Å²) in [5, 5.41) is 8.95. The van der Waals surface area contributed by atoms with Gasteiger partial charge >= 0.3 is 5.97 Å². The number of hydrogen-bond donors (Lipinski definition) is 1. The van der Waals surface area contributed by atoms with E-state index in [-0.39, 0.29) is 0 Å². The van der Waals surface area contributed by atoms with Crippen LogP contribution in [0.1, 0.15) is 20.1 Å². The summed E-state index contributed by atoms with van der Waals surface area (Å²) in [5.41, 5.74) is 0.894. The van der Waals surface area contributed by atoms with Crippen LogP contribution in [-0.4, -0.2) is 11.1 Å². The minimum Gasteiger partial charge on any atom is -0.486 e. The maximum absolute atomic E-state index is 10.9. The highest BCUT2D eigenvalue weighted by Gasteiger charge is 2.13. The summed E-state index contributed by atoms with van der Waals surface area (Å²) in [5.74, 6) is -0.189. The predicted octanol–water partition coefficient (Wildman–Crippen LogP) is 4.86. The Kier molecular flexibility index (Phi) is 4.65. The largest absolute Gasteiger partial charge is 0.486 e. The van der Waals surface area contributed by atoms with E-state index in [1.165, 1.54) is 11.3 Å². The van der Waals surface area contributed by atoms with E-state index in [0.717, 1.165) is 19.4 Å². The Morgan fingerprint density at radius 1 is 1.37 bits per heavy atom. The minimum atomic E-state index is -0.901. The molecule has 3 nitrogen and oxygen atoms in total. The molecule has 0 radical (unpaired) electrons. The van der Waals surface area contributed by atoms with E-state index in [4.69, 9.17) is 9.84 Å². The third-order valence-electron chi connectivity index (χ3n) is 2.52. The van der Waals surface area contributed by atoms with Crippen LogP contribution in [0.4, 0.5) is 0 Å². The Morgan fingerprint density at radius 2 is 2.00 bits per heavy atom. The number of ether oxygens (including phenoxy) is 1. The first-order valence-corrected chi connectivity index (χ1v) is 7.78. The van der Waals surface area contributed by atoms with Crippen molar-refractivity contribution in [2.24, 2.45) is 0 Å². The van der Waals surface area contributed by atoms with E-state index in [1.807, 2.05) is 25.1 Å². The van der Waals surface area contributed by atoms with Crippen LogP contribution >= 0.6 is 43.2 Å². The van der Waals surface area contributed by atoms with Crippen molar-refractivity contribution in [1.82, 2.24) is 0 Å². The van der Waals surface area contributed by atoms with E-state index >= 15 is 0 Å². The molecule has 2 rings (SSSR count). The first kappa shape index (κ1) is 14.6. The molecule has 0 aliphatic carbocycles. The molecule has 1 heterocycles. The summed E-state index contributed by atoms with van der Waals surface area (Å²) < 4.78 is 7.46. The molecule has 0 aliphatic rings. The van der Waals surface area contributed by atoms with Gasteiger partial charge < -0.3 is 9.84 Å². The van der Waals surface area contributed by atoms with Crippen molar-refractivity contribution in [2.75, 3.05) is 0 Å². The fourth-order valence-corrected chi connectivity index (χ4v) is 3.63. The second kappa shape index (κ2) is 6.07. The number of thiophene rings is 1. The van der Waals surface area contributed by atoms with Crippen LogP contribution in [0.15, 0.2) is 33.2 Å². The lowest BCUT2D eigenvalue weighted by Gasteiger charge is -2.09. The molecule has 1 N–H and O–H groups in total. The monoisotopic (exact) mass is 404 g/mol. The normalized spacial score (nSPS) is 10.5. The molecule has 2 aromatic rings. The standard InChI is InChI=1S/C13H10Br2O3S/c1-7-8(5-11(19-7)13(16)17)6-18-12-9(14)3-2-4-10(12)15/h2-5H,6H2,1H3,(H,16,17). The molecule has 1 aromatic carbocycles. The molecule has 0 spiro atoms. The van der Waals surface area contributed by atoms with Gasteiger partial charge in [0.15, 0.2) is 0 Å². The zero-order valence-electron chi connectivity index (χ0n) is 9.94. The van der Waals surface area contributed by atoms with E-state index in [9.17, 15) is 4.79 Å². The first-order valence-electron chi connectivity index (χ1n) is 5.38. The lowest BCUT2D eigenvalue weighted by molar-refractivity contribution is 0.0702. The molecule has 0 saturated carbocycles. The smallest absolute Gasteiger partial charge is 0.345 e. The molecule has 100 valence electrons. The summed E-state index contributed by atoms with van der Waals surface area (Å²) in [7, 11) is 0. The maximum atomic E-state index is 10.9. The Balaban J connectivity index is 2.17. The Labute approximate surface area is 131 Å². The highest BCUT2D eigenvalue weighted by molar-refractivity contribution is 9.11. The molecule has 19 heavy (non-hydrogen) atoms. The zero-order chi connectivity index (χ0) is 14.0. The van der Waals surface area contributed by atoms with Crippen molar-refractivity contribution in [3.05, 3.63) is 48.5 Å². The molecule has 0 fully saturated rings. The number of hydrogen-bond acceptors (Lipinski definition) is 3. The molecule has 0 unspecified atom stereocenters. The van der Waals surface area contributed by atoms with Gasteiger partial charge in [-0.05, 0) is 57.0 Å². The van der Waals surface area contributed by atoms with Gasteiger partial charge in [0.1, 0.15) is 17.2 Å². The number of halogens is 2. The average Bonchev–Trinajstić information content (AvgIpc) is 2.70. The Bertz CT molecular complexity index is 602. The van der Waals surface area contributed by atoms with Gasteiger partial charge in [-0.1, -0.05) is 6.07 Å². The van der Waals surface area contributed by atoms with Crippen LogP contribution in [0.25, 0.3) is 0 Å². The van der Waals surface area contributed by atoms with Gasteiger partial charge in [-0.2, -0.15) is 0 Å². The molecular weight excluding hydrogens is 396 g/mol. The summed E-state index contributed by atoms with van der Waals surface area (Å²) in [6.45, 7) is 2.24. The SMILES string of the molecule is Cc1sc(C(=O)O)cc1COc1c(Br)cccc1Br. The third kappa shape index (κ3) is 3.38. The van der Waals surface area contributed by atoms with Gasteiger partial charge in [0.25, 0.3) is 0 Å². The molecular formula is C13H10Br2O3S. The fraction of sp³-hybridized carbons (Fsp3) is 0.154. The van der Waals surface area contributed by atoms with Crippen molar-refractivity contribution in [1.29, 1.82) is 0 Å². The van der Waals surface area contributed by atoms with Crippen LogP contribution in [0.5, 0.6) is 5.75 Å². The number of benzene rings is 1. The molecule has 0 aliphatic heterocycles. The van der Waals surface area contributed by atoms with Gasteiger partial charge in [-0.15, -0.1) is 11.3 Å². The van der Waals surface area contributed by atoms with Gasteiger partial charge in [0, 0.05) is 10.4 Å². The highest BCUT2D eigenvalue weighted by atomic mass is 79.9. The van der Waals surface area contributed by atoms with Crippen LogP contribution in [0, 0.1) is 6.92 Å². The summed E-state index contributed by atoms with van der Waals surface area (Å²) in [4.78, 5) is 12.2. The topological polar surface area (TPSA) is 46.5 Å². The quantitative estimate of drug-likeness (QED) is 0.789. The minimum absolute atomic E-state index is 0.335. The number of carbonyl (C=O) groups is 1. The number of rotatable bonds is 4. The number of para-hydroxylation sites is 1. The lowest BCUT2D eigenvalue weighted by Crippen LogP contribution is -1.97. The van der Waals surface area contributed by atoms with Gasteiger partial charge in [0.05, 0.1) is 8.95 Å². The predicted molar refractivity (Wildman–Crippen MR) is 82.2 cm³/mol. The Morgan fingerprint density at radius 3 is 2.53 bits per heavy atom. The van der Waals surface area contributed by atoms with Gasteiger partial charge in [-0.3, -0.25) is 0 Å². The van der Waals surface area contributed by atoms with Gasteiger partial charge in [-0.25, -0.2) is 4.79 Å². The highest BCUT2D eigenvalue weighted by Crippen LogP contribution is 2.34. The second-order valence-electron chi connectivity index (χ2n) is 3.84. The molecule has 1 aromatic heterocycles. The molecule has 0 amide bonds. The third-order valence-corrected chi connectivity index (χ3v) is 4.85. The molecule has 0 bridgehead atoms. The van der Waals surface area contributed by atoms with E-state index in [1.54, 1.807) is 6.07 Å². The number of aryl methyl sites for hydroxylation is 1. The molecule has 0 atom stereocenters. The summed E-state index contributed by atoms with van der Waals surface area (Å²) >= 11 is 8.11. The van der Waals surface area contributed by atoms with Crippen LogP contribution in [0.3, 0.4) is 0 Å². The van der Waals surface area contributed by atoms with Crippen molar-refractivity contribution in [2.45, 2.75) is 13.5 Å². The Hall–Kier alpha value is -0.850. The lowest BCUT2D eigenvalue weighted by atomic mass is 10.2. The van der Waals surface area contributed by atoms with Crippen molar-refractivity contribution < 1.29 is 14.6 Å².